The molecule has 0 atom stereocenters. The van der Waals surface area contributed by atoms with Gasteiger partial charge in [0.05, 0.1) is 24.7 Å². The highest BCUT2D eigenvalue weighted by Gasteiger charge is 2.23. The molecule has 0 aliphatic carbocycles. The molecule has 1 amide bonds. The molecule has 100 valence electrons. The van der Waals surface area contributed by atoms with Gasteiger partial charge in [0.15, 0.2) is 0 Å². The lowest BCUT2D eigenvalue weighted by Gasteiger charge is -2.10. The molecule has 3 N–H and O–H groups in total. The normalized spacial score (nSPS) is 16.6. The minimum absolute atomic E-state index is 0.00673. The van der Waals surface area contributed by atoms with Crippen LogP contribution in [0.2, 0.25) is 0 Å². The summed E-state index contributed by atoms with van der Waals surface area (Å²) in [6, 6.07) is 3.05. The topological polar surface area (TPSA) is 91.6 Å². The summed E-state index contributed by atoms with van der Waals surface area (Å²) in [4.78, 5) is 11.6. The SMILES string of the molecule is COc1cc(O)c(C=C2SC(=O)NC2=N)c(OC)c1. The van der Waals surface area contributed by atoms with Gasteiger partial charge in [0.2, 0.25) is 0 Å². The van der Waals surface area contributed by atoms with Crippen molar-refractivity contribution in [2.45, 2.75) is 0 Å². The number of hydrogen-bond donors (Lipinski definition) is 3. The highest BCUT2D eigenvalue weighted by atomic mass is 32.2. The summed E-state index contributed by atoms with van der Waals surface area (Å²) in [7, 11) is 2.95. The summed E-state index contributed by atoms with van der Waals surface area (Å²) in [6.45, 7) is 0. The number of hydrogen-bond acceptors (Lipinski definition) is 6. The molecule has 1 aromatic carbocycles. The van der Waals surface area contributed by atoms with Gasteiger partial charge >= 0.3 is 0 Å². The fraction of sp³-hybridized carbons (Fsp3) is 0.167. The molecule has 1 fully saturated rings. The second-order valence-corrected chi connectivity index (χ2v) is 4.68. The molecule has 19 heavy (non-hydrogen) atoms. The van der Waals surface area contributed by atoms with Crippen LogP contribution in [-0.2, 0) is 0 Å². The average molecular weight is 280 g/mol. The lowest BCUT2D eigenvalue weighted by molar-refractivity contribution is 0.265. The number of methoxy groups -OCH3 is 2. The van der Waals surface area contributed by atoms with Crippen LogP contribution in [0, 0.1) is 5.41 Å². The fourth-order valence-corrected chi connectivity index (χ4v) is 2.27. The second kappa shape index (κ2) is 5.23. The zero-order chi connectivity index (χ0) is 14.0. The molecule has 1 aliphatic rings. The number of phenols is 1. The van der Waals surface area contributed by atoms with Crippen LogP contribution in [-0.4, -0.2) is 30.4 Å². The van der Waals surface area contributed by atoms with E-state index in [-0.39, 0.29) is 16.8 Å². The fourth-order valence-electron chi connectivity index (χ4n) is 1.59. The molecule has 1 aliphatic heterocycles. The Kier molecular flexibility index (Phi) is 3.66. The number of carbonyl (C=O) groups is 1. The van der Waals surface area contributed by atoms with Crippen LogP contribution in [0.5, 0.6) is 17.2 Å². The number of benzene rings is 1. The van der Waals surface area contributed by atoms with E-state index in [4.69, 9.17) is 14.9 Å². The van der Waals surface area contributed by atoms with Crippen molar-refractivity contribution in [1.29, 1.82) is 5.41 Å². The lowest BCUT2D eigenvalue weighted by Crippen LogP contribution is -2.17. The summed E-state index contributed by atoms with van der Waals surface area (Å²) in [5.41, 5.74) is 0.395. The number of ether oxygens (including phenoxy) is 2. The van der Waals surface area contributed by atoms with Crippen molar-refractivity contribution in [3.8, 4) is 17.2 Å². The van der Waals surface area contributed by atoms with Crippen molar-refractivity contribution in [1.82, 2.24) is 5.32 Å². The maximum Gasteiger partial charge on any atom is 0.289 e. The molecule has 0 unspecified atom stereocenters. The quantitative estimate of drug-likeness (QED) is 0.789. The molecule has 0 saturated carbocycles. The molecular formula is C12H12N2O4S. The van der Waals surface area contributed by atoms with Crippen LogP contribution >= 0.6 is 11.8 Å². The van der Waals surface area contributed by atoms with E-state index in [0.717, 1.165) is 11.8 Å². The first-order valence-corrected chi connectivity index (χ1v) is 6.11. The zero-order valence-corrected chi connectivity index (χ0v) is 11.1. The van der Waals surface area contributed by atoms with Crippen molar-refractivity contribution in [2.24, 2.45) is 0 Å². The van der Waals surface area contributed by atoms with Crippen molar-refractivity contribution >= 4 is 28.9 Å². The van der Waals surface area contributed by atoms with E-state index < -0.39 is 0 Å². The molecule has 0 bridgehead atoms. The Morgan fingerprint density at radius 2 is 2.11 bits per heavy atom. The Morgan fingerprint density at radius 1 is 1.37 bits per heavy atom. The third-order valence-corrected chi connectivity index (χ3v) is 3.33. The monoisotopic (exact) mass is 280 g/mol. The summed E-state index contributed by atoms with van der Waals surface area (Å²) in [5, 5.41) is 19.6. The minimum atomic E-state index is -0.316. The Hall–Kier alpha value is -2.15. The van der Waals surface area contributed by atoms with E-state index in [9.17, 15) is 9.90 Å². The first kappa shape index (κ1) is 13.3. The van der Waals surface area contributed by atoms with Gasteiger partial charge < -0.3 is 19.9 Å². The molecule has 1 aromatic rings. The smallest absolute Gasteiger partial charge is 0.289 e. The number of amidine groups is 1. The Bertz CT molecular complexity index is 583. The van der Waals surface area contributed by atoms with Crippen LogP contribution in [0.15, 0.2) is 17.0 Å². The standard InChI is InChI=1S/C12H12N2O4S/c1-17-6-3-8(15)7(9(4-6)18-2)5-10-11(13)14-12(16)19-10/h3-5,15H,1-2H3,(H2,13,14,16). The molecule has 1 heterocycles. The zero-order valence-electron chi connectivity index (χ0n) is 10.3. The predicted molar refractivity (Wildman–Crippen MR) is 73.0 cm³/mol. The molecule has 6 nitrogen and oxygen atoms in total. The summed E-state index contributed by atoms with van der Waals surface area (Å²) in [5.74, 6) is 0.820. The van der Waals surface area contributed by atoms with Gasteiger partial charge in [0.1, 0.15) is 23.1 Å². The highest BCUT2D eigenvalue weighted by Crippen LogP contribution is 2.37. The summed E-state index contributed by atoms with van der Waals surface area (Å²) >= 11 is 0.895. The van der Waals surface area contributed by atoms with Gasteiger partial charge in [-0.05, 0) is 17.8 Å². The van der Waals surface area contributed by atoms with Crippen LogP contribution in [0.3, 0.4) is 0 Å². The van der Waals surface area contributed by atoms with Crippen LogP contribution in [0.1, 0.15) is 5.56 Å². The van der Waals surface area contributed by atoms with Gasteiger partial charge in [-0.3, -0.25) is 10.2 Å². The second-order valence-electron chi connectivity index (χ2n) is 3.66. The van der Waals surface area contributed by atoms with Gasteiger partial charge in [-0.1, -0.05) is 0 Å². The summed E-state index contributed by atoms with van der Waals surface area (Å²) in [6.07, 6.45) is 1.53. The van der Waals surface area contributed by atoms with E-state index in [1.54, 1.807) is 6.07 Å². The number of thioether (sulfide) groups is 1. The third kappa shape index (κ3) is 2.65. The summed E-state index contributed by atoms with van der Waals surface area (Å²) < 4.78 is 10.2. The van der Waals surface area contributed by atoms with Gasteiger partial charge in [-0.2, -0.15) is 0 Å². The number of nitrogens with one attached hydrogen (secondary N) is 2. The lowest BCUT2D eigenvalue weighted by atomic mass is 10.1. The molecule has 2 rings (SSSR count). The molecule has 0 spiro atoms. The maximum atomic E-state index is 11.2. The van der Waals surface area contributed by atoms with Crippen molar-refractivity contribution < 1.29 is 19.4 Å². The molecule has 7 heteroatoms. The average Bonchev–Trinajstić information content (AvgIpc) is 2.69. The number of phenolic OH excluding ortho intramolecular Hbond substituents is 1. The van der Waals surface area contributed by atoms with Crippen molar-refractivity contribution in [3.63, 3.8) is 0 Å². The first-order chi connectivity index (χ1) is 9.05. The van der Waals surface area contributed by atoms with E-state index in [0.29, 0.717) is 22.0 Å². The Balaban J connectivity index is 2.48. The van der Waals surface area contributed by atoms with Crippen molar-refractivity contribution in [2.75, 3.05) is 14.2 Å². The Morgan fingerprint density at radius 3 is 2.63 bits per heavy atom. The van der Waals surface area contributed by atoms with E-state index in [2.05, 4.69) is 5.32 Å². The molecule has 0 aromatic heterocycles. The van der Waals surface area contributed by atoms with Gasteiger partial charge in [-0.25, -0.2) is 0 Å². The van der Waals surface area contributed by atoms with Gasteiger partial charge in [-0.15, -0.1) is 0 Å². The first-order valence-electron chi connectivity index (χ1n) is 5.29. The Labute approximate surface area is 113 Å². The molecule has 1 saturated heterocycles. The predicted octanol–water partition coefficient (Wildman–Crippen LogP) is 2.18. The van der Waals surface area contributed by atoms with E-state index in [1.807, 2.05) is 0 Å². The van der Waals surface area contributed by atoms with Gasteiger partial charge in [0, 0.05) is 12.1 Å². The van der Waals surface area contributed by atoms with Crippen LogP contribution in [0.4, 0.5) is 4.79 Å². The highest BCUT2D eigenvalue weighted by molar-refractivity contribution is 8.18. The van der Waals surface area contributed by atoms with Gasteiger partial charge in [0.25, 0.3) is 5.24 Å². The van der Waals surface area contributed by atoms with Crippen molar-refractivity contribution in [3.05, 3.63) is 22.6 Å². The number of amides is 1. The number of aromatic hydroxyl groups is 1. The molecule has 0 radical (unpaired) electrons. The van der Waals surface area contributed by atoms with Crippen LogP contribution in [0.25, 0.3) is 6.08 Å². The third-order valence-electron chi connectivity index (χ3n) is 2.50. The van der Waals surface area contributed by atoms with E-state index >= 15 is 0 Å². The minimum Gasteiger partial charge on any atom is -0.507 e. The number of carbonyl (C=O) groups excluding carboxylic acids is 1. The largest absolute Gasteiger partial charge is 0.507 e. The maximum absolute atomic E-state index is 11.2. The number of rotatable bonds is 3. The van der Waals surface area contributed by atoms with E-state index in [1.165, 1.54) is 26.4 Å². The van der Waals surface area contributed by atoms with Crippen LogP contribution < -0.4 is 14.8 Å². The molecular weight excluding hydrogens is 268 g/mol.